The summed E-state index contributed by atoms with van der Waals surface area (Å²) in [6.45, 7) is 3.76. The Morgan fingerprint density at radius 3 is 2.86 bits per heavy atom. The Hall–Kier alpha value is -1.43. The third kappa shape index (κ3) is 2.29. The van der Waals surface area contributed by atoms with E-state index < -0.39 is 11.0 Å². The van der Waals surface area contributed by atoms with Crippen LogP contribution >= 0.6 is 0 Å². The van der Waals surface area contributed by atoms with Gasteiger partial charge in [0.2, 0.25) is 0 Å². The first-order valence-electron chi connectivity index (χ1n) is 4.41. The molecule has 0 aliphatic rings. The van der Waals surface area contributed by atoms with E-state index in [2.05, 4.69) is 5.10 Å². The van der Waals surface area contributed by atoms with Crippen molar-refractivity contribution < 1.29 is 10.0 Å². The summed E-state index contributed by atoms with van der Waals surface area (Å²) in [5.41, 5.74) is 0.512. The molecule has 0 spiro atoms. The molecule has 1 atom stereocenters. The Morgan fingerprint density at radius 1 is 1.79 bits per heavy atom. The second-order valence-electron chi connectivity index (χ2n) is 3.18. The lowest BCUT2D eigenvalue weighted by Crippen LogP contribution is -2.15. The van der Waals surface area contributed by atoms with E-state index in [1.807, 2.05) is 6.92 Å². The zero-order valence-corrected chi connectivity index (χ0v) is 8.17. The number of aromatic nitrogens is 2. The molecular weight excluding hydrogens is 186 g/mol. The van der Waals surface area contributed by atoms with Gasteiger partial charge in [-0.3, -0.25) is 0 Å². The standard InChI is InChI=1S/C8H13N3O3/c1-3-7(12)5-10-4-6(2)8(9-10)11(13)14/h4,7,12H,3,5H2,1-2H3. The van der Waals surface area contributed by atoms with Crippen molar-refractivity contribution in [2.45, 2.75) is 32.9 Å². The molecule has 6 heteroatoms. The monoisotopic (exact) mass is 199 g/mol. The molecule has 0 bridgehead atoms. The molecule has 1 heterocycles. The lowest BCUT2D eigenvalue weighted by molar-refractivity contribution is -0.390. The summed E-state index contributed by atoms with van der Waals surface area (Å²) < 4.78 is 1.40. The number of rotatable bonds is 4. The number of hydrogen-bond donors (Lipinski definition) is 1. The highest BCUT2D eigenvalue weighted by atomic mass is 16.6. The molecule has 0 aliphatic heterocycles. The summed E-state index contributed by atoms with van der Waals surface area (Å²) in [5.74, 6) is -0.145. The van der Waals surface area contributed by atoms with E-state index in [9.17, 15) is 15.2 Å². The molecule has 1 rings (SSSR count). The van der Waals surface area contributed by atoms with Crippen molar-refractivity contribution in [3.05, 3.63) is 21.9 Å². The third-order valence-electron chi connectivity index (χ3n) is 1.96. The van der Waals surface area contributed by atoms with Gasteiger partial charge in [-0.1, -0.05) is 6.92 Å². The zero-order chi connectivity index (χ0) is 10.7. The van der Waals surface area contributed by atoms with Crippen LogP contribution in [0, 0.1) is 17.0 Å². The van der Waals surface area contributed by atoms with Gasteiger partial charge in [0, 0.05) is 0 Å². The van der Waals surface area contributed by atoms with Crippen LogP contribution in [0.3, 0.4) is 0 Å². The van der Waals surface area contributed by atoms with Gasteiger partial charge in [-0.25, -0.2) is 0 Å². The smallest absolute Gasteiger partial charge is 0.391 e. The average molecular weight is 199 g/mol. The Kier molecular flexibility index (Phi) is 3.19. The highest BCUT2D eigenvalue weighted by Crippen LogP contribution is 2.14. The van der Waals surface area contributed by atoms with Gasteiger partial charge in [0.05, 0.1) is 29.5 Å². The van der Waals surface area contributed by atoms with Crippen LogP contribution in [0.1, 0.15) is 18.9 Å². The predicted octanol–water partition coefficient (Wildman–Crippen LogP) is 0.871. The molecule has 78 valence electrons. The van der Waals surface area contributed by atoms with E-state index >= 15 is 0 Å². The Morgan fingerprint density at radius 2 is 2.43 bits per heavy atom. The molecule has 0 saturated heterocycles. The number of aryl methyl sites for hydroxylation is 1. The molecule has 0 radical (unpaired) electrons. The van der Waals surface area contributed by atoms with E-state index in [0.29, 0.717) is 18.5 Å². The van der Waals surface area contributed by atoms with Crippen molar-refractivity contribution in [1.29, 1.82) is 0 Å². The highest BCUT2D eigenvalue weighted by molar-refractivity contribution is 5.27. The van der Waals surface area contributed by atoms with E-state index in [4.69, 9.17) is 0 Å². The second-order valence-corrected chi connectivity index (χ2v) is 3.18. The van der Waals surface area contributed by atoms with Crippen molar-refractivity contribution in [2.75, 3.05) is 0 Å². The van der Waals surface area contributed by atoms with Crippen LogP contribution in [0.5, 0.6) is 0 Å². The normalized spacial score (nSPS) is 12.8. The number of hydrogen-bond acceptors (Lipinski definition) is 4. The van der Waals surface area contributed by atoms with Crippen LogP contribution < -0.4 is 0 Å². The molecule has 1 aromatic heterocycles. The van der Waals surface area contributed by atoms with Crippen molar-refractivity contribution in [3.8, 4) is 0 Å². The van der Waals surface area contributed by atoms with Gasteiger partial charge in [-0.2, -0.15) is 4.68 Å². The molecule has 0 saturated carbocycles. The second kappa shape index (κ2) is 4.19. The Balaban J connectivity index is 2.81. The molecular formula is C8H13N3O3. The molecule has 1 aromatic rings. The zero-order valence-electron chi connectivity index (χ0n) is 8.17. The van der Waals surface area contributed by atoms with Gasteiger partial charge in [-0.05, 0) is 18.3 Å². The summed E-state index contributed by atoms with van der Waals surface area (Å²) in [4.78, 5) is 9.93. The first-order valence-corrected chi connectivity index (χ1v) is 4.41. The Labute approximate surface area is 81.3 Å². The molecule has 1 unspecified atom stereocenters. The van der Waals surface area contributed by atoms with Gasteiger partial charge in [0.25, 0.3) is 0 Å². The van der Waals surface area contributed by atoms with Crippen LogP contribution in [-0.4, -0.2) is 25.9 Å². The SMILES string of the molecule is CCC(O)Cn1cc(C)c([N+](=O)[O-])n1. The first kappa shape index (κ1) is 10.6. The van der Waals surface area contributed by atoms with Gasteiger partial charge in [0.15, 0.2) is 0 Å². The van der Waals surface area contributed by atoms with Crippen LogP contribution in [0.15, 0.2) is 6.20 Å². The van der Waals surface area contributed by atoms with Crippen molar-refractivity contribution >= 4 is 5.82 Å². The average Bonchev–Trinajstić information content (AvgIpc) is 2.46. The van der Waals surface area contributed by atoms with Crippen molar-refractivity contribution in [2.24, 2.45) is 0 Å². The van der Waals surface area contributed by atoms with E-state index in [1.165, 1.54) is 4.68 Å². The predicted molar refractivity (Wildman–Crippen MR) is 49.9 cm³/mol. The van der Waals surface area contributed by atoms with Gasteiger partial charge < -0.3 is 15.2 Å². The van der Waals surface area contributed by atoms with Crippen LogP contribution in [-0.2, 0) is 6.54 Å². The van der Waals surface area contributed by atoms with Crippen molar-refractivity contribution in [3.63, 3.8) is 0 Å². The molecule has 6 nitrogen and oxygen atoms in total. The molecule has 14 heavy (non-hydrogen) atoms. The minimum Gasteiger partial charge on any atom is -0.391 e. The maximum Gasteiger partial charge on any atom is 0.392 e. The summed E-state index contributed by atoms with van der Waals surface area (Å²) in [6.07, 6.45) is 1.66. The molecule has 0 aromatic carbocycles. The molecule has 0 aliphatic carbocycles. The number of nitro groups is 1. The fraction of sp³-hybridized carbons (Fsp3) is 0.625. The fourth-order valence-corrected chi connectivity index (χ4v) is 1.13. The maximum absolute atomic E-state index is 10.5. The lowest BCUT2D eigenvalue weighted by atomic mass is 10.3. The quantitative estimate of drug-likeness (QED) is 0.576. The number of aliphatic hydroxyl groups is 1. The summed E-state index contributed by atoms with van der Waals surface area (Å²) >= 11 is 0. The van der Waals surface area contributed by atoms with Gasteiger partial charge >= 0.3 is 5.82 Å². The number of nitrogens with zero attached hydrogens (tertiary/aromatic N) is 3. The molecule has 1 N–H and O–H groups in total. The summed E-state index contributed by atoms with van der Waals surface area (Å²) in [5, 5.41) is 23.5. The largest absolute Gasteiger partial charge is 0.392 e. The van der Waals surface area contributed by atoms with Crippen LogP contribution in [0.2, 0.25) is 0 Å². The van der Waals surface area contributed by atoms with Crippen LogP contribution in [0.4, 0.5) is 5.82 Å². The number of aliphatic hydroxyl groups excluding tert-OH is 1. The maximum atomic E-state index is 10.5. The van der Waals surface area contributed by atoms with E-state index in [-0.39, 0.29) is 5.82 Å². The molecule has 0 fully saturated rings. The first-order chi connectivity index (χ1) is 6.54. The van der Waals surface area contributed by atoms with Crippen molar-refractivity contribution in [1.82, 2.24) is 9.78 Å². The van der Waals surface area contributed by atoms with E-state index in [1.54, 1.807) is 13.1 Å². The molecule has 0 amide bonds. The van der Waals surface area contributed by atoms with Crippen LogP contribution in [0.25, 0.3) is 0 Å². The summed E-state index contributed by atoms with van der Waals surface area (Å²) in [7, 11) is 0. The Bertz CT molecular complexity index is 335. The van der Waals surface area contributed by atoms with Gasteiger partial charge in [-0.15, -0.1) is 0 Å². The topological polar surface area (TPSA) is 81.2 Å². The highest BCUT2D eigenvalue weighted by Gasteiger charge is 2.17. The summed E-state index contributed by atoms with van der Waals surface area (Å²) in [6, 6.07) is 0. The van der Waals surface area contributed by atoms with E-state index in [0.717, 1.165) is 0 Å². The minimum absolute atomic E-state index is 0.145. The fourth-order valence-electron chi connectivity index (χ4n) is 1.13. The third-order valence-corrected chi connectivity index (χ3v) is 1.96. The minimum atomic E-state index is -0.524. The lowest BCUT2D eigenvalue weighted by Gasteiger charge is -2.03. The van der Waals surface area contributed by atoms with Gasteiger partial charge in [0.1, 0.15) is 0 Å².